The van der Waals surface area contributed by atoms with Crippen LogP contribution in [0.3, 0.4) is 0 Å². The van der Waals surface area contributed by atoms with E-state index in [1.807, 2.05) is 23.1 Å². The lowest BCUT2D eigenvalue weighted by Crippen LogP contribution is -2.32. The van der Waals surface area contributed by atoms with Gasteiger partial charge in [0.1, 0.15) is 0 Å². The van der Waals surface area contributed by atoms with Crippen LogP contribution in [0.25, 0.3) is 0 Å². The monoisotopic (exact) mass is 388 g/mol. The fourth-order valence-electron chi connectivity index (χ4n) is 3.32. The van der Waals surface area contributed by atoms with E-state index in [1.54, 1.807) is 12.1 Å². The molecule has 2 aliphatic rings. The van der Waals surface area contributed by atoms with Crippen LogP contribution >= 0.6 is 15.9 Å². The van der Waals surface area contributed by atoms with Gasteiger partial charge in [0.2, 0.25) is 6.79 Å². The molecule has 0 spiro atoms. The Morgan fingerprint density at radius 2 is 1.96 bits per heavy atom. The van der Waals surface area contributed by atoms with E-state index in [0.29, 0.717) is 30.2 Å². The summed E-state index contributed by atoms with van der Waals surface area (Å²) in [4.78, 5) is 14.7. The van der Waals surface area contributed by atoms with Crippen LogP contribution in [0.1, 0.15) is 21.8 Å². The number of hydrogen-bond donors (Lipinski definition) is 1. The molecule has 0 aromatic heterocycles. The summed E-state index contributed by atoms with van der Waals surface area (Å²) in [6.45, 7) is 1.34. The van der Waals surface area contributed by atoms with Crippen LogP contribution in [0.4, 0.5) is 0 Å². The summed E-state index contributed by atoms with van der Waals surface area (Å²) in [7, 11) is 0. The van der Waals surface area contributed by atoms with Gasteiger partial charge in [-0.1, -0.05) is 30.3 Å². The number of hydrogen-bond acceptors (Lipinski definition) is 4. The summed E-state index contributed by atoms with van der Waals surface area (Å²) >= 11 is 3.44. The first-order valence-electron chi connectivity index (χ1n) is 7.82. The molecule has 5 nitrogen and oxygen atoms in total. The Morgan fingerprint density at radius 1 is 1.17 bits per heavy atom. The number of fused-ring (bicyclic) bond motifs is 1. The quantitative estimate of drug-likeness (QED) is 0.858. The van der Waals surface area contributed by atoms with E-state index in [0.717, 1.165) is 4.47 Å². The Kier molecular flexibility index (Phi) is 3.94. The number of amides is 1. The summed E-state index contributed by atoms with van der Waals surface area (Å²) in [5.41, 5.74) is 8.04. The van der Waals surface area contributed by atoms with Gasteiger partial charge in [0.25, 0.3) is 5.91 Å². The second-order valence-electron chi connectivity index (χ2n) is 6.08. The van der Waals surface area contributed by atoms with Gasteiger partial charge >= 0.3 is 0 Å². The van der Waals surface area contributed by atoms with Crippen molar-refractivity contribution >= 4 is 21.8 Å². The predicted molar refractivity (Wildman–Crippen MR) is 93.3 cm³/mol. The molecule has 4 rings (SSSR count). The van der Waals surface area contributed by atoms with Gasteiger partial charge in [0, 0.05) is 30.6 Å². The lowest BCUT2D eigenvalue weighted by Gasteiger charge is -2.17. The number of ether oxygens (including phenoxy) is 2. The van der Waals surface area contributed by atoms with Crippen LogP contribution in [0.15, 0.2) is 46.9 Å². The third-order valence-electron chi connectivity index (χ3n) is 4.55. The number of nitrogens with zero attached hydrogens (tertiary/aromatic N) is 1. The first-order valence-corrected chi connectivity index (χ1v) is 8.61. The topological polar surface area (TPSA) is 64.8 Å². The van der Waals surface area contributed by atoms with E-state index in [9.17, 15) is 4.79 Å². The molecule has 0 radical (unpaired) electrons. The van der Waals surface area contributed by atoms with E-state index >= 15 is 0 Å². The molecule has 2 N–H and O–H groups in total. The molecule has 1 amide bonds. The molecule has 2 aliphatic heterocycles. The third-order valence-corrected chi connectivity index (χ3v) is 5.14. The van der Waals surface area contributed by atoms with Crippen LogP contribution in [0, 0.1) is 0 Å². The second-order valence-corrected chi connectivity index (χ2v) is 6.94. The molecule has 0 aliphatic carbocycles. The number of benzene rings is 2. The summed E-state index contributed by atoms with van der Waals surface area (Å²) in [5, 5.41) is 0. The first-order chi connectivity index (χ1) is 11.6. The molecule has 2 atom stereocenters. The van der Waals surface area contributed by atoms with E-state index < -0.39 is 0 Å². The molecule has 2 heterocycles. The summed E-state index contributed by atoms with van der Waals surface area (Å²) in [5.74, 6) is 1.36. The fourth-order valence-corrected chi connectivity index (χ4v) is 3.88. The zero-order valence-electron chi connectivity index (χ0n) is 12.9. The van der Waals surface area contributed by atoms with E-state index in [-0.39, 0.29) is 24.7 Å². The molecule has 1 saturated heterocycles. The average Bonchev–Trinajstić information content (AvgIpc) is 3.21. The van der Waals surface area contributed by atoms with Gasteiger partial charge in [-0.3, -0.25) is 4.79 Å². The maximum atomic E-state index is 12.9. The van der Waals surface area contributed by atoms with Gasteiger partial charge in [-0.25, -0.2) is 0 Å². The van der Waals surface area contributed by atoms with Crippen LogP contribution in [-0.2, 0) is 0 Å². The van der Waals surface area contributed by atoms with Crippen LogP contribution in [0.5, 0.6) is 11.5 Å². The van der Waals surface area contributed by atoms with Crippen molar-refractivity contribution in [3.63, 3.8) is 0 Å². The Morgan fingerprint density at radius 3 is 2.75 bits per heavy atom. The lowest BCUT2D eigenvalue weighted by molar-refractivity contribution is 0.0788. The van der Waals surface area contributed by atoms with Crippen LogP contribution < -0.4 is 15.2 Å². The zero-order chi connectivity index (χ0) is 16.7. The van der Waals surface area contributed by atoms with Crippen molar-refractivity contribution in [3.05, 3.63) is 58.1 Å². The highest BCUT2D eigenvalue weighted by molar-refractivity contribution is 9.10. The Hall–Kier alpha value is -2.05. The molecule has 0 bridgehead atoms. The molecule has 6 heteroatoms. The molecular weight excluding hydrogens is 372 g/mol. The van der Waals surface area contributed by atoms with Gasteiger partial charge in [-0.05, 0) is 33.6 Å². The average molecular weight is 389 g/mol. The Balaban J connectivity index is 1.57. The molecular formula is C18H17BrN2O3. The van der Waals surface area contributed by atoms with Crippen molar-refractivity contribution in [2.45, 2.75) is 12.0 Å². The third kappa shape index (κ3) is 2.65. The van der Waals surface area contributed by atoms with Crippen LogP contribution in [-0.4, -0.2) is 36.7 Å². The minimum absolute atomic E-state index is 0.0390. The molecule has 1 fully saturated rings. The van der Waals surface area contributed by atoms with Crippen molar-refractivity contribution in [2.75, 3.05) is 19.9 Å². The van der Waals surface area contributed by atoms with Gasteiger partial charge in [0.05, 0.1) is 4.47 Å². The standard InChI is InChI=1S/C18H17BrN2O3/c19-14-6-12(7-16-17(14)24-10-23-16)18(22)21-8-13(15(20)9-21)11-4-2-1-3-5-11/h1-7,13,15H,8-10,20H2/t13-,15+/m0/s1. The summed E-state index contributed by atoms with van der Waals surface area (Å²) < 4.78 is 11.5. The summed E-state index contributed by atoms with van der Waals surface area (Å²) in [6.07, 6.45) is 0. The molecule has 0 unspecified atom stereocenters. The van der Waals surface area contributed by atoms with Crippen LogP contribution in [0.2, 0.25) is 0 Å². The van der Waals surface area contributed by atoms with Crippen molar-refractivity contribution in [3.8, 4) is 11.5 Å². The van der Waals surface area contributed by atoms with Crippen molar-refractivity contribution in [2.24, 2.45) is 5.73 Å². The highest BCUT2D eigenvalue weighted by Crippen LogP contribution is 2.40. The molecule has 2 aromatic carbocycles. The number of carbonyl (C=O) groups excluding carboxylic acids is 1. The predicted octanol–water partition coefficient (Wildman–Crippen LogP) is 2.74. The van der Waals surface area contributed by atoms with Gasteiger partial charge in [-0.2, -0.15) is 0 Å². The van der Waals surface area contributed by atoms with Gasteiger partial charge < -0.3 is 20.1 Å². The SMILES string of the molecule is N[C@@H]1CN(C(=O)c2cc(Br)c3c(c2)OCO3)C[C@H]1c1ccccc1. The van der Waals surface area contributed by atoms with E-state index in [4.69, 9.17) is 15.2 Å². The number of carbonyl (C=O) groups is 1. The molecule has 2 aromatic rings. The Bertz CT molecular complexity index is 781. The highest BCUT2D eigenvalue weighted by atomic mass is 79.9. The fraction of sp³-hybridized carbons (Fsp3) is 0.278. The van der Waals surface area contributed by atoms with Crippen molar-refractivity contribution in [1.82, 2.24) is 4.90 Å². The number of rotatable bonds is 2. The molecule has 0 saturated carbocycles. The molecule has 24 heavy (non-hydrogen) atoms. The van der Waals surface area contributed by atoms with E-state index in [2.05, 4.69) is 28.1 Å². The molecule has 124 valence electrons. The maximum absolute atomic E-state index is 12.9. The second kappa shape index (κ2) is 6.11. The largest absolute Gasteiger partial charge is 0.454 e. The van der Waals surface area contributed by atoms with Crippen molar-refractivity contribution < 1.29 is 14.3 Å². The normalized spacial score (nSPS) is 22.0. The maximum Gasteiger partial charge on any atom is 0.254 e. The minimum atomic E-state index is -0.0613. The number of halogens is 1. The number of likely N-dealkylation sites (tertiary alicyclic amines) is 1. The number of nitrogens with two attached hydrogens (primary N) is 1. The Labute approximate surface area is 148 Å². The smallest absolute Gasteiger partial charge is 0.254 e. The van der Waals surface area contributed by atoms with Crippen molar-refractivity contribution in [1.29, 1.82) is 0 Å². The zero-order valence-corrected chi connectivity index (χ0v) is 14.5. The van der Waals surface area contributed by atoms with E-state index in [1.165, 1.54) is 5.56 Å². The highest BCUT2D eigenvalue weighted by Gasteiger charge is 2.34. The first kappa shape index (κ1) is 15.5. The van der Waals surface area contributed by atoms with Gasteiger partial charge in [0.15, 0.2) is 11.5 Å². The minimum Gasteiger partial charge on any atom is -0.454 e. The lowest BCUT2D eigenvalue weighted by atomic mass is 9.95. The van der Waals surface area contributed by atoms with Gasteiger partial charge in [-0.15, -0.1) is 0 Å². The summed E-state index contributed by atoms with van der Waals surface area (Å²) in [6, 6.07) is 13.6.